The van der Waals surface area contributed by atoms with Crippen LogP contribution in [-0.2, 0) is 4.84 Å². The Labute approximate surface area is 96.5 Å². The molecule has 16 heavy (non-hydrogen) atoms. The summed E-state index contributed by atoms with van der Waals surface area (Å²) in [5, 5.41) is 0. The van der Waals surface area contributed by atoms with Gasteiger partial charge in [-0.05, 0) is 24.1 Å². The summed E-state index contributed by atoms with van der Waals surface area (Å²) in [5.41, 5.74) is 4.05. The average Bonchev–Trinajstić information content (AvgIpc) is 2.35. The van der Waals surface area contributed by atoms with Gasteiger partial charge in [0.2, 0.25) is 0 Å². The van der Waals surface area contributed by atoms with Crippen LogP contribution in [-0.4, -0.2) is 21.3 Å². The van der Waals surface area contributed by atoms with Crippen molar-refractivity contribution in [3.8, 4) is 11.5 Å². The van der Waals surface area contributed by atoms with Crippen LogP contribution in [0.15, 0.2) is 18.2 Å². The zero-order valence-electron chi connectivity index (χ0n) is 10.2. The van der Waals surface area contributed by atoms with E-state index in [0.717, 1.165) is 23.5 Å². The molecule has 0 spiro atoms. The topological polar surface area (TPSA) is 39.7 Å². The fourth-order valence-electron chi connectivity index (χ4n) is 1.60. The van der Waals surface area contributed by atoms with Gasteiger partial charge >= 0.3 is 0 Å². The third-order valence-electron chi connectivity index (χ3n) is 2.48. The van der Waals surface area contributed by atoms with Crippen LogP contribution >= 0.6 is 0 Å². The Balaban J connectivity index is 2.96. The van der Waals surface area contributed by atoms with Gasteiger partial charge in [-0.2, -0.15) is 5.48 Å². The molecule has 90 valence electrons. The Hall–Kier alpha value is -1.26. The van der Waals surface area contributed by atoms with Crippen molar-refractivity contribution < 1.29 is 14.3 Å². The minimum atomic E-state index is 0.157. The lowest BCUT2D eigenvalue weighted by atomic mass is 10.0. The first-order valence-electron chi connectivity index (χ1n) is 5.27. The van der Waals surface area contributed by atoms with E-state index < -0.39 is 0 Å². The molecule has 0 amide bonds. The van der Waals surface area contributed by atoms with E-state index in [9.17, 15) is 0 Å². The molecular formula is C12H19NO3. The molecule has 0 aliphatic rings. The molecule has 0 heterocycles. The first-order chi connectivity index (χ1) is 7.76. The van der Waals surface area contributed by atoms with Gasteiger partial charge in [-0.1, -0.05) is 13.0 Å². The van der Waals surface area contributed by atoms with Gasteiger partial charge in [0.25, 0.3) is 0 Å². The molecule has 1 N–H and O–H groups in total. The molecule has 1 rings (SSSR count). The second-order valence-corrected chi connectivity index (χ2v) is 3.40. The highest BCUT2D eigenvalue weighted by atomic mass is 16.6. The molecular weight excluding hydrogens is 206 g/mol. The van der Waals surface area contributed by atoms with Crippen LogP contribution in [0.5, 0.6) is 11.5 Å². The van der Waals surface area contributed by atoms with Crippen molar-refractivity contribution >= 4 is 0 Å². The van der Waals surface area contributed by atoms with Crippen molar-refractivity contribution in [2.24, 2.45) is 0 Å². The summed E-state index contributed by atoms with van der Waals surface area (Å²) in [7, 11) is 4.87. The monoisotopic (exact) mass is 225 g/mol. The van der Waals surface area contributed by atoms with Crippen molar-refractivity contribution in [1.29, 1.82) is 0 Å². The third kappa shape index (κ3) is 2.87. The number of nitrogens with one attached hydrogen (secondary N) is 1. The molecule has 0 aliphatic carbocycles. The highest BCUT2D eigenvalue weighted by Gasteiger charge is 2.12. The van der Waals surface area contributed by atoms with E-state index >= 15 is 0 Å². The van der Waals surface area contributed by atoms with Gasteiger partial charge in [0, 0.05) is 0 Å². The number of ether oxygens (including phenoxy) is 2. The summed E-state index contributed by atoms with van der Waals surface area (Å²) < 4.78 is 10.4. The molecule has 0 fully saturated rings. The summed E-state index contributed by atoms with van der Waals surface area (Å²) in [6.45, 7) is 2.09. The van der Waals surface area contributed by atoms with Gasteiger partial charge in [0.05, 0.1) is 27.4 Å². The van der Waals surface area contributed by atoms with Crippen molar-refractivity contribution in [1.82, 2.24) is 5.48 Å². The molecule has 4 heteroatoms. The molecule has 0 saturated heterocycles. The molecule has 0 saturated carbocycles. The molecule has 1 atom stereocenters. The Kier molecular flexibility index (Phi) is 5.08. The van der Waals surface area contributed by atoms with E-state index in [2.05, 4.69) is 12.4 Å². The normalized spacial score (nSPS) is 12.2. The number of hydrogen-bond donors (Lipinski definition) is 1. The average molecular weight is 225 g/mol. The Morgan fingerprint density at radius 1 is 1.12 bits per heavy atom. The van der Waals surface area contributed by atoms with Gasteiger partial charge in [-0.15, -0.1) is 0 Å². The standard InChI is InChI=1S/C12H19NO3/c1-5-10(13-16-4)9-6-7-11(14-2)12(8-9)15-3/h6-8,10,13H,5H2,1-4H3. The van der Waals surface area contributed by atoms with E-state index in [4.69, 9.17) is 14.3 Å². The Morgan fingerprint density at radius 2 is 1.81 bits per heavy atom. The number of hydroxylamine groups is 1. The predicted octanol–water partition coefficient (Wildman–Crippen LogP) is 2.31. The van der Waals surface area contributed by atoms with Gasteiger partial charge in [-0.25, -0.2) is 0 Å². The fourth-order valence-corrected chi connectivity index (χ4v) is 1.60. The quantitative estimate of drug-likeness (QED) is 0.754. The maximum Gasteiger partial charge on any atom is 0.161 e. The largest absolute Gasteiger partial charge is 0.493 e. The Bertz CT molecular complexity index is 328. The maximum absolute atomic E-state index is 5.26. The first-order valence-corrected chi connectivity index (χ1v) is 5.27. The molecule has 0 radical (unpaired) electrons. The zero-order valence-corrected chi connectivity index (χ0v) is 10.2. The maximum atomic E-state index is 5.26. The zero-order chi connectivity index (χ0) is 12.0. The van der Waals surface area contributed by atoms with E-state index in [-0.39, 0.29) is 6.04 Å². The van der Waals surface area contributed by atoms with Crippen molar-refractivity contribution in [2.45, 2.75) is 19.4 Å². The molecule has 0 aliphatic heterocycles. The third-order valence-corrected chi connectivity index (χ3v) is 2.48. The van der Waals surface area contributed by atoms with E-state index in [0.29, 0.717) is 0 Å². The minimum Gasteiger partial charge on any atom is -0.493 e. The number of hydrogen-bond acceptors (Lipinski definition) is 4. The van der Waals surface area contributed by atoms with Gasteiger partial charge in [-0.3, -0.25) is 0 Å². The second-order valence-electron chi connectivity index (χ2n) is 3.40. The van der Waals surface area contributed by atoms with E-state index in [1.54, 1.807) is 21.3 Å². The molecule has 1 unspecified atom stereocenters. The SMILES string of the molecule is CCC(NOC)c1ccc(OC)c(OC)c1. The van der Waals surface area contributed by atoms with Crippen molar-refractivity contribution in [2.75, 3.05) is 21.3 Å². The lowest BCUT2D eigenvalue weighted by Crippen LogP contribution is -2.19. The van der Waals surface area contributed by atoms with Crippen LogP contribution in [0.4, 0.5) is 0 Å². The highest BCUT2D eigenvalue weighted by Crippen LogP contribution is 2.30. The van der Waals surface area contributed by atoms with Crippen LogP contribution in [0.2, 0.25) is 0 Å². The summed E-state index contributed by atoms with van der Waals surface area (Å²) in [6, 6.07) is 6.01. The lowest BCUT2D eigenvalue weighted by molar-refractivity contribution is 0.0592. The predicted molar refractivity (Wildman–Crippen MR) is 62.7 cm³/mol. The van der Waals surface area contributed by atoms with Crippen molar-refractivity contribution in [3.63, 3.8) is 0 Å². The summed E-state index contributed by atoms with van der Waals surface area (Å²) in [4.78, 5) is 4.96. The highest BCUT2D eigenvalue weighted by molar-refractivity contribution is 5.43. The summed E-state index contributed by atoms with van der Waals surface area (Å²) in [6.07, 6.45) is 0.934. The second kappa shape index (κ2) is 6.35. The van der Waals surface area contributed by atoms with E-state index in [1.807, 2.05) is 18.2 Å². The fraction of sp³-hybridized carbons (Fsp3) is 0.500. The summed E-state index contributed by atoms with van der Waals surface area (Å²) in [5.74, 6) is 1.47. The van der Waals surface area contributed by atoms with E-state index in [1.165, 1.54) is 0 Å². The summed E-state index contributed by atoms with van der Waals surface area (Å²) >= 11 is 0. The molecule has 4 nitrogen and oxygen atoms in total. The smallest absolute Gasteiger partial charge is 0.161 e. The number of methoxy groups -OCH3 is 2. The van der Waals surface area contributed by atoms with Crippen LogP contribution < -0.4 is 15.0 Å². The minimum absolute atomic E-state index is 0.157. The van der Waals surface area contributed by atoms with Gasteiger partial charge in [0.1, 0.15) is 0 Å². The number of benzene rings is 1. The molecule has 0 aromatic heterocycles. The number of rotatable bonds is 6. The molecule has 0 bridgehead atoms. The lowest BCUT2D eigenvalue weighted by Gasteiger charge is -2.17. The van der Waals surface area contributed by atoms with Crippen LogP contribution in [0.25, 0.3) is 0 Å². The van der Waals surface area contributed by atoms with Gasteiger partial charge < -0.3 is 14.3 Å². The van der Waals surface area contributed by atoms with Crippen molar-refractivity contribution in [3.05, 3.63) is 23.8 Å². The molecule has 1 aromatic carbocycles. The van der Waals surface area contributed by atoms with Gasteiger partial charge in [0.15, 0.2) is 11.5 Å². The first kappa shape index (κ1) is 12.8. The van der Waals surface area contributed by atoms with Crippen LogP contribution in [0.1, 0.15) is 24.9 Å². The Morgan fingerprint density at radius 3 is 2.31 bits per heavy atom. The van der Waals surface area contributed by atoms with Crippen LogP contribution in [0, 0.1) is 0 Å². The van der Waals surface area contributed by atoms with Crippen LogP contribution in [0.3, 0.4) is 0 Å². The molecule has 1 aromatic rings.